The lowest BCUT2D eigenvalue weighted by molar-refractivity contribution is -0.582. The van der Waals surface area contributed by atoms with Gasteiger partial charge in [-0.2, -0.15) is 0 Å². The van der Waals surface area contributed by atoms with E-state index in [0.717, 1.165) is 10.9 Å². The Morgan fingerprint density at radius 1 is 1.05 bits per heavy atom. The summed E-state index contributed by atoms with van der Waals surface area (Å²) in [6.45, 7) is 1.96. The number of hydrogen-bond donors (Lipinski definition) is 0. The van der Waals surface area contributed by atoms with Crippen molar-refractivity contribution in [2.75, 3.05) is 0 Å². The SMILES string of the molecule is Cc1ccc2c(ccc(OC(=O)c3ccccc3)[n+]2[O-])c1. The molecule has 3 aromatic rings. The van der Waals surface area contributed by atoms with Gasteiger partial charge in [0.2, 0.25) is 5.52 Å². The monoisotopic (exact) mass is 279 g/mol. The van der Waals surface area contributed by atoms with Crippen LogP contribution in [0.25, 0.3) is 10.9 Å². The van der Waals surface area contributed by atoms with E-state index in [1.807, 2.05) is 25.1 Å². The zero-order valence-electron chi connectivity index (χ0n) is 11.4. The van der Waals surface area contributed by atoms with Crippen molar-refractivity contribution in [2.24, 2.45) is 0 Å². The maximum Gasteiger partial charge on any atom is 0.387 e. The third kappa shape index (κ3) is 2.56. The standard InChI is InChI=1S/C17H13NO3/c1-12-7-9-15-14(11-12)8-10-16(18(15)20)21-17(19)13-5-3-2-4-6-13/h2-11H,1H3. The van der Waals surface area contributed by atoms with Gasteiger partial charge in [0.05, 0.1) is 11.6 Å². The van der Waals surface area contributed by atoms with E-state index >= 15 is 0 Å². The Balaban J connectivity index is 1.96. The van der Waals surface area contributed by atoms with Crippen LogP contribution in [0.5, 0.6) is 5.88 Å². The fourth-order valence-electron chi connectivity index (χ4n) is 2.14. The fraction of sp³-hybridized carbons (Fsp3) is 0.0588. The highest BCUT2D eigenvalue weighted by atomic mass is 16.6. The molecule has 0 saturated heterocycles. The highest BCUT2D eigenvalue weighted by Crippen LogP contribution is 2.17. The molecule has 0 saturated carbocycles. The maximum absolute atomic E-state index is 12.2. The molecule has 0 amide bonds. The second-order valence-electron chi connectivity index (χ2n) is 4.78. The van der Waals surface area contributed by atoms with Gasteiger partial charge < -0.3 is 9.94 Å². The highest BCUT2D eigenvalue weighted by Gasteiger charge is 2.16. The summed E-state index contributed by atoms with van der Waals surface area (Å²) in [5.74, 6) is -0.577. The molecule has 0 unspecified atom stereocenters. The van der Waals surface area contributed by atoms with Crippen LogP contribution >= 0.6 is 0 Å². The van der Waals surface area contributed by atoms with Crippen LogP contribution < -0.4 is 9.47 Å². The maximum atomic E-state index is 12.2. The van der Waals surface area contributed by atoms with Gasteiger partial charge in [0.25, 0.3) is 0 Å². The number of fused-ring (bicyclic) bond motifs is 1. The van der Waals surface area contributed by atoms with Crippen LogP contribution in [0, 0.1) is 12.1 Å². The predicted octanol–water partition coefficient (Wildman–Crippen LogP) is 3.00. The molecule has 104 valence electrons. The molecule has 0 N–H and O–H groups in total. The molecule has 1 aromatic heterocycles. The molecule has 0 radical (unpaired) electrons. The van der Waals surface area contributed by atoms with Crippen molar-refractivity contribution in [1.29, 1.82) is 0 Å². The van der Waals surface area contributed by atoms with Gasteiger partial charge in [-0.15, -0.1) is 4.73 Å². The predicted molar refractivity (Wildman–Crippen MR) is 79.0 cm³/mol. The van der Waals surface area contributed by atoms with E-state index < -0.39 is 5.97 Å². The summed E-state index contributed by atoms with van der Waals surface area (Å²) in [7, 11) is 0. The quantitative estimate of drug-likeness (QED) is 0.411. The second-order valence-corrected chi connectivity index (χ2v) is 4.78. The average Bonchev–Trinajstić information content (AvgIpc) is 2.51. The summed E-state index contributed by atoms with van der Waals surface area (Å²) in [6.07, 6.45) is 0. The Kier molecular flexibility index (Phi) is 3.28. The van der Waals surface area contributed by atoms with Crippen molar-refractivity contribution in [3.8, 4) is 5.88 Å². The Labute approximate surface area is 121 Å². The van der Waals surface area contributed by atoms with Gasteiger partial charge in [-0.1, -0.05) is 29.8 Å². The first-order valence-electron chi connectivity index (χ1n) is 6.55. The van der Waals surface area contributed by atoms with Gasteiger partial charge in [-0.05, 0) is 31.2 Å². The van der Waals surface area contributed by atoms with E-state index in [0.29, 0.717) is 15.8 Å². The molecule has 0 atom stereocenters. The molecule has 0 spiro atoms. The largest absolute Gasteiger partial charge is 0.616 e. The van der Waals surface area contributed by atoms with Crippen LogP contribution in [0.2, 0.25) is 0 Å². The van der Waals surface area contributed by atoms with Gasteiger partial charge in [-0.3, -0.25) is 0 Å². The first-order chi connectivity index (χ1) is 10.1. The van der Waals surface area contributed by atoms with Gasteiger partial charge in [0, 0.05) is 11.5 Å². The van der Waals surface area contributed by atoms with Crippen LogP contribution in [-0.2, 0) is 0 Å². The summed E-state index contributed by atoms with van der Waals surface area (Å²) < 4.78 is 5.82. The first kappa shape index (κ1) is 13.1. The number of esters is 1. The third-order valence-electron chi connectivity index (χ3n) is 3.21. The summed E-state index contributed by atoms with van der Waals surface area (Å²) in [4.78, 5) is 12.0. The van der Waals surface area contributed by atoms with E-state index in [1.165, 1.54) is 6.07 Å². The van der Waals surface area contributed by atoms with E-state index in [2.05, 4.69) is 0 Å². The summed E-state index contributed by atoms with van der Waals surface area (Å²) in [5.41, 5.74) is 1.94. The number of nitrogens with zero attached hydrogens (tertiary/aromatic N) is 1. The van der Waals surface area contributed by atoms with Gasteiger partial charge >= 0.3 is 11.8 Å². The molecule has 0 bridgehead atoms. The zero-order valence-corrected chi connectivity index (χ0v) is 11.4. The number of aromatic nitrogens is 1. The van der Waals surface area contributed by atoms with Crippen molar-refractivity contribution in [3.05, 3.63) is 77.0 Å². The molecular formula is C17H13NO3. The van der Waals surface area contributed by atoms with Crippen LogP contribution in [0.15, 0.2) is 60.7 Å². The van der Waals surface area contributed by atoms with Crippen LogP contribution in [-0.4, -0.2) is 5.97 Å². The third-order valence-corrected chi connectivity index (χ3v) is 3.21. The fourth-order valence-corrected chi connectivity index (χ4v) is 2.14. The van der Waals surface area contributed by atoms with Crippen molar-refractivity contribution in [3.63, 3.8) is 0 Å². The average molecular weight is 279 g/mol. The molecule has 0 aliphatic carbocycles. The minimum absolute atomic E-state index is 0.0276. The number of carbonyl (C=O) groups excluding carboxylic acids is 1. The van der Waals surface area contributed by atoms with E-state index in [1.54, 1.807) is 36.4 Å². The molecule has 4 nitrogen and oxygen atoms in total. The Morgan fingerprint density at radius 3 is 2.57 bits per heavy atom. The van der Waals surface area contributed by atoms with Crippen molar-refractivity contribution < 1.29 is 14.3 Å². The van der Waals surface area contributed by atoms with Crippen LogP contribution in [0.3, 0.4) is 0 Å². The molecule has 0 fully saturated rings. The number of rotatable bonds is 2. The van der Waals surface area contributed by atoms with Gasteiger partial charge in [-0.25, -0.2) is 4.79 Å². The topological polar surface area (TPSA) is 53.2 Å². The summed E-state index contributed by atoms with van der Waals surface area (Å²) >= 11 is 0. The molecule has 0 aliphatic heterocycles. The lowest BCUT2D eigenvalue weighted by atomic mass is 10.1. The number of carbonyl (C=O) groups is 1. The minimum Gasteiger partial charge on any atom is -0.616 e. The lowest BCUT2D eigenvalue weighted by Crippen LogP contribution is -2.31. The Hall–Kier alpha value is -2.88. The number of aryl methyl sites for hydroxylation is 1. The van der Waals surface area contributed by atoms with E-state index in [9.17, 15) is 10.0 Å². The molecule has 3 rings (SSSR count). The van der Waals surface area contributed by atoms with Crippen molar-refractivity contribution >= 4 is 16.9 Å². The van der Waals surface area contributed by atoms with E-state index in [4.69, 9.17) is 4.74 Å². The van der Waals surface area contributed by atoms with Gasteiger partial charge in [0.15, 0.2) is 0 Å². The lowest BCUT2D eigenvalue weighted by Gasteiger charge is -2.07. The normalized spacial score (nSPS) is 10.5. The molecule has 4 heteroatoms. The molecule has 0 aliphatic rings. The molecular weight excluding hydrogens is 266 g/mol. The number of ether oxygens (including phenoxy) is 1. The molecule has 2 aromatic carbocycles. The van der Waals surface area contributed by atoms with Crippen molar-refractivity contribution in [1.82, 2.24) is 0 Å². The van der Waals surface area contributed by atoms with Crippen LogP contribution in [0.1, 0.15) is 15.9 Å². The first-order valence-corrected chi connectivity index (χ1v) is 6.55. The molecule has 21 heavy (non-hydrogen) atoms. The van der Waals surface area contributed by atoms with Gasteiger partial charge in [0.1, 0.15) is 0 Å². The number of pyridine rings is 1. The summed E-state index contributed by atoms with van der Waals surface area (Å²) in [5, 5.41) is 13.1. The Bertz CT molecular complexity index is 813. The smallest absolute Gasteiger partial charge is 0.387 e. The number of hydrogen-bond acceptors (Lipinski definition) is 3. The zero-order chi connectivity index (χ0) is 14.8. The number of benzene rings is 2. The second kappa shape index (κ2) is 5.25. The summed E-state index contributed by atoms with van der Waals surface area (Å²) in [6, 6.07) is 17.3. The highest BCUT2D eigenvalue weighted by molar-refractivity contribution is 5.90. The Morgan fingerprint density at radius 2 is 1.81 bits per heavy atom. The van der Waals surface area contributed by atoms with Crippen molar-refractivity contribution in [2.45, 2.75) is 6.92 Å². The van der Waals surface area contributed by atoms with Crippen LogP contribution in [0.4, 0.5) is 0 Å². The molecule has 1 heterocycles. The van der Waals surface area contributed by atoms with E-state index in [-0.39, 0.29) is 5.88 Å². The minimum atomic E-state index is -0.549.